The summed E-state index contributed by atoms with van der Waals surface area (Å²) in [6, 6.07) is 0. The minimum Gasteiger partial charge on any atom is -0.388 e. The van der Waals surface area contributed by atoms with Crippen LogP contribution in [0.3, 0.4) is 0 Å². The summed E-state index contributed by atoms with van der Waals surface area (Å²) in [7, 11) is 2.36. The molecule has 60 valence electrons. The lowest BCUT2D eigenvalue weighted by molar-refractivity contribution is 0.0212. The first kappa shape index (κ1) is 8.41. The normalized spacial score (nSPS) is 48.0. The lowest BCUT2D eigenvalue weighted by atomic mass is 10.1. The molecular weight excluding hydrogens is 151 g/mol. The van der Waals surface area contributed by atoms with E-state index in [2.05, 4.69) is 9.24 Å². The first-order chi connectivity index (χ1) is 4.66. The highest BCUT2D eigenvalue weighted by atomic mass is 31.0. The highest BCUT2D eigenvalue weighted by molar-refractivity contribution is 7.17. The van der Waals surface area contributed by atoms with Crippen molar-refractivity contribution in [2.24, 2.45) is 0 Å². The van der Waals surface area contributed by atoms with Crippen LogP contribution in [0.5, 0.6) is 0 Å². The van der Waals surface area contributed by atoms with Gasteiger partial charge < -0.3 is 14.9 Å². The summed E-state index contributed by atoms with van der Waals surface area (Å²) < 4.78 is 5.20. The Morgan fingerprint density at radius 1 is 1.40 bits per heavy atom. The topological polar surface area (TPSA) is 49.7 Å². The molecule has 0 spiro atoms. The van der Waals surface area contributed by atoms with Gasteiger partial charge in [-0.2, -0.15) is 0 Å². The molecule has 0 saturated carbocycles. The summed E-state index contributed by atoms with van der Waals surface area (Å²) in [5.41, 5.74) is 0. The van der Waals surface area contributed by atoms with Crippen LogP contribution in [0.4, 0.5) is 0 Å². The van der Waals surface area contributed by atoms with Crippen LogP contribution in [-0.2, 0) is 4.74 Å². The van der Waals surface area contributed by atoms with E-state index in [0.29, 0.717) is 0 Å². The summed E-state index contributed by atoms with van der Waals surface area (Å²) >= 11 is 0. The molecule has 3 nitrogen and oxygen atoms in total. The Labute approximate surface area is 62.6 Å². The summed E-state index contributed by atoms with van der Waals surface area (Å²) in [6.45, 7) is 1.92. The van der Waals surface area contributed by atoms with Crippen molar-refractivity contribution in [3.63, 3.8) is 0 Å². The van der Waals surface area contributed by atoms with Crippen molar-refractivity contribution in [1.29, 1.82) is 0 Å². The molecular formula is C6H13O3P. The Balaban J connectivity index is 2.53. The first-order valence-electron chi connectivity index (χ1n) is 3.44. The highest BCUT2D eigenvalue weighted by Crippen LogP contribution is 2.26. The third-order valence-corrected chi connectivity index (χ3v) is 2.35. The second kappa shape index (κ2) is 3.14. The molecule has 0 aromatic carbocycles. The van der Waals surface area contributed by atoms with Gasteiger partial charge in [-0.05, 0) is 6.42 Å². The van der Waals surface area contributed by atoms with Crippen LogP contribution in [0.15, 0.2) is 0 Å². The molecule has 0 bridgehead atoms. The van der Waals surface area contributed by atoms with Crippen molar-refractivity contribution < 1.29 is 14.9 Å². The Morgan fingerprint density at radius 2 is 2.00 bits per heavy atom. The van der Waals surface area contributed by atoms with E-state index in [1.165, 1.54) is 0 Å². The molecule has 4 heteroatoms. The van der Waals surface area contributed by atoms with Gasteiger partial charge in [0, 0.05) is 0 Å². The predicted octanol–water partition coefficient (Wildman–Crippen LogP) is -0.282. The SMILES string of the molecule is CCC1OC(P)C(O)C1O. The molecule has 1 aliphatic rings. The van der Waals surface area contributed by atoms with Crippen LogP contribution in [0.2, 0.25) is 0 Å². The van der Waals surface area contributed by atoms with E-state index in [4.69, 9.17) is 4.74 Å². The molecule has 1 heterocycles. The van der Waals surface area contributed by atoms with Crippen LogP contribution in [-0.4, -0.2) is 34.4 Å². The second-order valence-electron chi connectivity index (χ2n) is 2.53. The van der Waals surface area contributed by atoms with Gasteiger partial charge in [0.2, 0.25) is 0 Å². The Bertz CT molecular complexity index is 120. The van der Waals surface area contributed by atoms with Crippen molar-refractivity contribution in [1.82, 2.24) is 0 Å². The van der Waals surface area contributed by atoms with Crippen LogP contribution >= 0.6 is 9.24 Å². The number of rotatable bonds is 1. The molecule has 1 fully saturated rings. The lowest BCUT2D eigenvalue weighted by Crippen LogP contribution is -2.30. The van der Waals surface area contributed by atoms with Gasteiger partial charge in [-0.3, -0.25) is 0 Å². The van der Waals surface area contributed by atoms with E-state index in [1.807, 2.05) is 6.92 Å². The van der Waals surface area contributed by atoms with E-state index >= 15 is 0 Å². The number of aliphatic hydroxyl groups is 2. The lowest BCUT2D eigenvalue weighted by Gasteiger charge is -2.10. The van der Waals surface area contributed by atoms with Gasteiger partial charge in [-0.15, -0.1) is 9.24 Å². The van der Waals surface area contributed by atoms with E-state index < -0.39 is 12.2 Å². The minimum atomic E-state index is -0.741. The molecule has 5 atom stereocenters. The van der Waals surface area contributed by atoms with Gasteiger partial charge in [0.25, 0.3) is 0 Å². The molecule has 5 unspecified atom stereocenters. The van der Waals surface area contributed by atoms with Crippen LogP contribution in [0, 0.1) is 0 Å². The fourth-order valence-corrected chi connectivity index (χ4v) is 1.54. The number of aliphatic hydroxyl groups excluding tert-OH is 2. The maximum atomic E-state index is 9.24. The second-order valence-corrected chi connectivity index (χ2v) is 3.19. The zero-order chi connectivity index (χ0) is 7.72. The third kappa shape index (κ3) is 1.32. The average Bonchev–Trinajstić information content (AvgIpc) is 2.17. The quantitative estimate of drug-likeness (QED) is 0.524. The van der Waals surface area contributed by atoms with E-state index in [0.717, 1.165) is 6.42 Å². The van der Waals surface area contributed by atoms with Crippen molar-refractivity contribution in [2.45, 2.75) is 37.5 Å². The third-order valence-electron chi connectivity index (χ3n) is 1.80. The minimum absolute atomic E-state index is 0.197. The largest absolute Gasteiger partial charge is 0.388 e. The van der Waals surface area contributed by atoms with Crippen molar-refractivity contribution >= 4 is 9.24 Å². The highest BCUT2D eigenvalue weighted by Gasteiger charge is 2.38. The maximum absolute atomic E-state index is 9.24. The number of hydrogen-bond donors (Lipinski definition) is 2. The van der Waals surface area contributed by atoms with Gasteiger partial charge in [-0.1, -0.05) is 6.92 Å². The molecule has 1 saturated heterocycles. The Hall–Kier alpha value is 0.310. The molecule has 0 aromatic heterocycles. The van der Waals surface area contributed by atoms with Crippen molar-refractivity contribution in [3.8, 4) is 0 Å². The molecule has 2 N–H and O–H groups in total. The smallest absolute Gasteiger partial charge is 0.112 e. The zero-order valence-electron chi connectivity index (χ0n) is 5.90. The van der Waals surface area contributed by atoms with Crippen LogP contribution in [0.1, 0.15) is 13.3 Å². The van der Waals surface area contributed by atoms with Crippen LogP contribution < -0.4 is 0 Å². The summed E-state index contributed by atoms with van der Waals surface area (Å²) in [5.74, 6) is -0.306. The Kier molecular flexibility index (Phi) is 2.64. The van der Waals surface area contributed by atoms with Crippen molar-refractivity contribution in [3.05, 3.63) is 0 Å². The monoisotopic (exact) mass is 164 g/mol. The van der Waals surface area contributed by atoms with E-state index in [1.54, 1.807) is 0 Å². The molecule has 1 aliphatic heterocycles. The summed E-state index contributed by atoms with van der Waals surface area (Å²) in [6.07, 6.45) is -0.914. The average molecular weight is 164 g/mol. The molecule has 0 aromatic rings. The van der Waals surface area contributed by atoms with E-state index in [-0.39, 0.29) is 11.9 Å². The van der Waals surface area contributed by atoms with Gasteiger partial charge in [0.05, 0.1) is 11.9 Å². The molecule has 1 rings (SSSR count). The van der Waals surface area contributed by atoms with Gasteiger partial charge >= 0.3 is 0 Å². The maximum Gasteiger partial charge on any atom is 0.112 e. The molecule has 10 heavy (non-hydrogen) atoms. The van der Waals surface area contributed by atoms with E-state index in [9.17, 15) is 10.2 Å². The van der Waals surface area contributed by atoms with Crippen molar-refractivity contribution in [2.75, 3.05) is 0 Å². The molecule has 0 aliphatic carbocycles. The predicted molar refractivity (Wildman–Crippen MR) is 40.7 cm³/mol. The first-order valence-corrected chi connectivity index (χ1v) is 4.10. The summed E-state index contributed by atoms with van der Waals surface area (Å²) in [5, 5.41) is 18.4. The number of hydrogen-bond acceptors (Lipinski definition) is 3. The fraction of sp³-hybridized carbons (Fsp3) is 1.00. The standard InChI is InChI=1S/C6H13O3P/c1-2-3-4(7)5(8)6(10)9-3/h3-8H,2,10H2,1H3. The molecule has 0 amide bonds. The van der Waals surface area contributed by atoms with Gasteiger partial charge in [0.1, 0.15) is 12.2 Å². The fourth-order valence-electron chi connectivity index (χ4n) is 1.11. The number of ether oxygens (including phenoxy) is 1. The summed E-state index contributed by atoms with van der Waals surface area (Å²) in [4.78, 5) is 0. The van der Waals surface area contributed by atoms with Gasteiger partial charge in [-0.25, -0.2) is 0 Å². The van der Waals surface area contributed by atoms with Crippen LogP contribution in [0.25, 0.3) is 0 Å². The van der Waals surface area contributed by atoms with Gasteiger partial charge in [0.15, 0.2) is 0 Å². The zero-order valence-corrected chi connectivity index (χ0v) is 7.05. The molecule has 0 radical (unpaired) electrons. The Morgan fingerprint density at radius 3 is 2.20 bits per heavy atom.